The lowest BCUT2D eigenvalue weighted by molar-refractivity contribution is 0.387. The van der Waals surface area contributed by atoms with Crippen molar-refractivity contribution in [2.45, 2.75) is 58.9 Å². The molecule has 2 aromatic rings. The molecule has 3 heterocycles. The van der Waals surface area contributed by atoms with Crippen LogP contribution in [0.15, 0.2) is 12.4 Å². The van der Waals surface area contributed by atoms with Gasteiger partial charge >= 0.3 is 0 Å². The van der Waals surface area contributed by atoms with Crippen LogP contribution in [0.2, 0.25) is 0 Å². The Balaban J connectivity index is 2.01. The van der Waals surface area contributed by atoms with Gasteiger partial charge in [0.2, 0.25) is 5.88 Å². The molecule has 1 aliphatic heterocycles. The number of ether oxygens (including phenoxy) is 1. The number of hydrogen-bond donors (Lipinski definition) is 0. The van der Waals surface area contributed by atoms with Gasteiger partial charge in [-0.3, -0.25) is 0 Å². The molecule has 134 valence electrons. The third-order valence-corrected chi connectivity index (χ3v) is 4.49. The van der Waals surface area contributed by atoms with Crippen molar-refractivity contribution >= 4 is 5.82 Å². The van der Waals surface area contributed by atoms with Crippen LogP contribution < -0.4 is 9.64 Å². The molecule has 0 N–H and O–H groups in total. The largest absolute Gasteiger partial charge is 0.481 e. The smallest absolute Gasteiger partial charge is 0.221 e. The molecule has 0 atom stereocenters. The monoisotopic (exact) mass is 341 g/mol. The van der Waals surface area contributed by atoms with Crippen molar-refractivity contribution in [1.29, 1.82) is 0 Å². The molecule has 0 bridgehead atoms. The molecule has 0 aromatic carbocycles. The van der Waals surface area contributed by atoms with E-state index in [0.29, 0.717) is 12.4 Å². The van der Waals surface area contributed by atoms with Crippen LogP contribution in [-0.2, 0) is 18.4 Å². The molecule has 0 fully saturated rings. The van der Waals surface area contributed by atoms with E-state index in [1.807, 2.05) is 0 Å². The van der Waals surface area contributed by atoms with E-state index >= 15 is 0 Å². The fraction of sp³-hybridized carbons (Fsp3) is 0.579. The van der Waals surface area contributed by atoms with Gasteiger partial charge in [0.15, 0.2) is 0 Å². The van der Waals surface area contributed by atoms with Gasteiger partial charge in [-0.25, -0.2) is 19.9 Å². The Morgan fingerprint density at radius 2 is 1.92 bits per heavy atom. The van der Waals surface area contributed by atoms with Crippen LogP contribution in [0.3, 0.4) is 0 Å². The molecule has 0 unspecified atom stereocenters. The highest BCUT2D eigenvalue weighted by Crippen LogP contribution is 2.30. The van der Waals surface area contributed by atoms with Crippen molar-refractivity contribution in [1.82, 2.24) is 19.9 Å². The lowest BCUT2D eigenvalue weighted by atomic mass is 9.91. The van der Waals surface area contributed by atoms with Crippen molar-refractivity contribution in [3.8, 4) is 5.88 Å². The normalized spacial score (nSPS) is 14.6. The van der Waals surface area contributed by atoms with Gasteiger partial charge in [-0.15, -0.1) is 0 Å². The van der Waals surface area contributed by atoms with E-state index in [-0.39, 0.29) is 11.3 Å². The van der Waals surface area contributed by atoms with E-state index < -0.39 is 0 Å². The molecular formula is C19H27N5O. The van der Waals surface area contributed by atoms with Gasteiger partial charge in [-0.2, -0.15) is 0 Å². The van der Waals surface area contributed by atoms with Gasteiger partial charge < -0.3 is 9.64 Å². The number of rotatable bonds is 3. The van der Waals surface area contributed by atoms with Gasteiger partial charge in [-0.05, 0) is 0 Å². The Bertz CT molecular complexity index is 753. The van der Waals surface area contributed by atoms with Crippen LogP contribution in [0.4, 0.5) is 5.82 Å². The van der Waals surface area contributed by atoms with E-state index in [1.54, 1.807) is 13.4 Å². The van der Waals surface area contributed by atoms with Crippen molar-refractivity contribution in [2.24, 2.45) is 0 Å². The minimum atomic E-state index is -0.0180. The zero-order chi connectivity index (χ0) is 18.2. The maximum Gasteiger partial charge on any atom is 0.221 e. The number of hydrogen-bond acceptors (Lipinski definition) is 6. The summed E-state index contributed by atoms with van der Waals surface area (Å²) in [6.07, 6.45) is 2.44. The number of nitrogens with zero attached hydrogens (tertiary/aromatic N) is 5. The summed E-state index contributed by atoms with van der Waals surface area (Å²) in [6.45, 7) is 12.4. The molecular weight excluding hydrogens is 314 g/mol. The molecule has 0 saturated heterocycles. The molecule has 0 radical (unpaired) electrons. The molecule has 0 spiro atoms. The summed E-state index contributed by atoms with van der Waals surface area (Å²) < 4.78 is 5.43. The van der Waals surface area contributed by atoms with Crippen LogP contribution in [0.1, 0.15) is 63.3 Å². The second-order valence-electron chi connectivity index (χ2n) is 7.85. The van der Waals surface area contributed by atoms with E-state index in [0.717, 1.165) is 41.6 Å². The summed E-state index contributed by atoms with van der Waals surface area (Å²) in [6, 6.07) is 2.12. The van der Waals surface area contributed by atoms with Crippen LogP contribution >= 0.6 is 0 Å². The molecule has 6 nitrogen and oxygen atoms in total. The van der Waals surface area contributed by atoms with E-state index in [9.17, 15) is 0 Å². The fourth-order valence-corrected chi connectivity index (χ4v) is 2.94. The fourth-order valence-electron chi connectivity index (χ4n) is 2.94. The first kappa shape index (κ1) is 17.6. The first-order valence-electron chi connectivity index (χ1n) is 8.80. The molecule has 0 aliphatic carbocycles. The summed E-state index contributed by atoms with van der Waals surface area (Å²) >= 11 is 0. The minimum Gasteiger partial charge on any atom is -0.481 e. The van der Waals surface area contributed by atoms with E-state index in [4.69, 9.17) is 14.7 Å². The van der Waals surface area contributed by atoms with Gasteiger partial charge in [-0.1, -0.05) is 34.6 Å². The average Bonchev–Trinajstić information content (AvgIpc) is 2.59. The summed E-state index contributed by atoms with van der Waals surface area (Å²) in [4.78, 5) is 20.6. The topological polar surface area (TPSA) is 64.0 Å². The Kier molecular flexibility index (Phi) is 4.62. The average molecular weight is 341 g/mol. The molecule has 0 saturated carbocycles. The second-order valence-corrected chi connectivity index (χ2v) is 7.85. The predicted octanol–water partition coefficient (Wildman–Crippen LogP) is 3.26. The van der Waals surface area contributed by atoms with Crippen LogP contribution in [0.25, 0.3) is 0 Å². The number of anilines is 1. The highest BCUT2D eigenvalue weighted by Gasteiger charge is 2.25. The SMILES string of the molecule is COc1ncnc2c1CN(c1cc(C(C)(C)C)nc(C(C)C)n1)CC2. The van der Waals surface area contributed by atoms with Gasteiger partial charge in [0.1, 0.15) is 18.0 Å². The van der Waals surface area contributed by atoms with Crippen LogP contribution in [-0.4, -0.2) is 33.6 Å². The summed E-state index contributed by atoms with van der Waals surface area (Å²) in [5.41, 5.74) is 3.18. The highest BCUT2D eigenvalue weighted by atomic mass is 16.5. The number of aromatic nitrogens is 4. The van der Waals surface area contributed by atoms with Crippen LogP contribution in [0, 0.1) is 0 Å². The first-order chi connectivity index (χ1) is 11.8. The maximum atomic E-state index is 5.43. The predicted molar refractivity (Wildman–Crippen MR) is 98.2 cm³/mol. The highest BCUT2D eigenvalue weighted by molar-refractivity contribution is 5.46. The number of fused-ring (bicyclic) bond motifs is 1. The van der Waals surface area contributed by atoms with Gasteiger partial charge in [0.25, 0.3) is 0 Å². The van der Waals surface area contributed by atoms with Crippen molar-refractivity contribution in [2.75, 3.05) is 18.6 Å². The lowest BCUT2D eigenvalue weighted by Gasteiger charge is -2.31. The third-order valence-electron chi connectivity index (χ3n) is 4.49. The number of methoxy groups -OCH3 is 1. The van der Waals surface area contributed by atoms with E-state index in [1.165, 1.54) is 0 Å². The van der Waals surface area contributed by atoms with Crippen molar-refractivity contribution in [3.05, 3.63) is 35.2 Å². The molecule has 25 heavy (non-hydrogen) atoms. The molecule has 6 heteroatoms. The Hall–Kier alpha value is -2.24. The van der Waals surface area contributed by atoms with E-state index in [2.05, 4.69) is 55.6 Å². The Morgan fingerprint density at radius 3 is 2.56 bits per heavy atom. The maximum absolute atomic E-state index is 5.43. The molecule has 3 rings (SSSR count). The second kappa shape index (κ2) is 6.58. The standard InChI is InChI=1S/C19H27N5O/c1-12(2)17-22-15(19(3,4)5)9-16(23-17)24-8-7-14-13(10-24)18(25-6)21-11-20-14/h9,11-12H,7-8,10H2,1-6H3. The quantitative estimate of drug-likeness (QED) is 0.854. The molecule has 2 aromatic heterocycles. The molecule has 1 aliphatic rings. The zero-order valence-electron chi connectivity index (χ0n) is 16.0. The zero-order valence-corrected chi connectivity index (χ0v) is 16.0. The van der Waals surface area contributed by atoms with Crippen molar-refractivity contribution < 1.29 is 4.74 Å². The van der Waals surface area contributed by atoms with Gasteiger partial charge in [0.05, 0.1) is 30.6 Å². The summed E-state index contributed by atoms with van der Waals surface area (Å²) in [5, 5.41) is 0. The first-order valence-corrected chi connectivity index (χ1v) is 8.80. The van der Waals surface area contributed by atoms with Crippen LogP contribution in [0.5, 0.6) is 5.88 Å². The summed E-state index contributed by atoms with van der Waals surface area (Å²) in [7, 11) is 1.65. The Labute approximate surface area is 149 Å². The molecule has 0 amide bonds. The third kappa shape index (κ3) is 3.57. The minimum absolute atomic E-state index is 0.0180. The van der Waals surface area contributed by atoms with Crippen molar-refractivity contribution in [3.63, 3.8) is 0 Å². The Morgan fingerprint density at radius 1 is 1.16 bits per heavy atom. The summed E-state index contributed by atoms with van der Waals surface area (Å²) in [5.74, 6) is 2.81. The lowest BCUT2D eigenvalue weighted by Crippen LogP contribution is -2.33. The van der Waals surface area contributed by atoms with Gasteiger partial charge in [0, 0.05) is 30.4 Å².